The molecule has 0 fully saturated rings. The predicted octanol–water partition coefficient (Wildman–Crippen LogP) is 3.93. The van der Waals surface area contributed by atoms with Crippen LogP contribution in [-0.2, 0) is 10.1 Å². The maximum Gasteiger partial charge on any atom is 0.267 e. The molecule has 0 spiro atoms. The fourth-order valence-corrected chi connectivity index (χ4v) is 3.35. The molecule has 4 nitrogen and oxygen atoms in total. The van der Waals surface area contributed by atoms with Gasteiger partial charge in [0.1, 0.15) is 0 Å². The first-order valence-corrected chi connectivity index (χ1v) is 9.56. The van der Waals surface area contributed by atoms with E-state index in [-0.39, 0.29) is 6.42 Å². The lowest BCUT2D eigenvalue weighted by Gasteiger charge is -2.18. The van der Waals surface area contributed by atoms with E-state index in [0.717, 1.165) is 51.4 Å². The van der Waals surface area contributed by atoms with Crippen molar-refractivity contribution in [3.8, 4) is 0 Å². The Bertz CT molecular complexity index is 314. The summed E-state index contributed by atoms with van der Waals surface area (Å²) in [7, 11) is -4.04. The van der Waals surface area contributed by atoms with Crippen molar-refractivity contribution in [2.45, 2.75) is 95.8 Å². The summed E-state index contributed by atoms with van der Waals surface area (Å²) in [5.41, 5.74) is 0. The lowest BCUT2D eigenvalue weighted by Crippen LogP contribution is -2.26. The molecule has 122 valence electrons. The topological polar surface area (TPSA) is 74.6 Å². The summed E-state index contributed by atoms with van der Waals surface area (Å²) in [5, 5.41) is 9.10. The van der Waals surface area contributed by atoms with Crippen LogP contribution in [0.5, 0.6) is 0 Å². The first-order chi connectivity index (χ1) is 9.41. The molecule has 5 heteroatoms. The summed E-state index contributed by atoms with van der Waals surface area (Å²) in [6.07, 6.45) is 8.84. The summed E-state index contributed by atoms with van der Waals surface area (Å²) in [5.74, 6) is 0. The number of aliphatic hydroxyl groups excluding tert-OH is 1. The van der Waals surface area contributed by atoms with E-state index in [1.165, 1.54) is 0 Å². The molecule has 0 bridgehead atoms. The Morgan fingerprint density at radius 1 is 0.850 bits per heavy atom. The summed E-state index contributed by atoms with van der Waals surface area (Å²) in [6, 6.07) is 0. The Kier molecular flexibility index (Phi) is 11.4. The molecule has 0 heterocycles. The van der Waals surface area contributed by atoms with Crippen LogP contribution in [-0.4, -0.2) is 29.4 Å². The lowest BCUT2D eigenvalue weighted by molar-refractivity contribution is 0.147. The van der Waals surface area contributed by atoms with Crippen LogP contribution in [0.4, 0.5) is 0 Å². The molecule has 0 radical (unpaired) electrons. The van der Waals surface area contributed by atoms with E-state index in [1.54, 1.807) is 0 Å². The number of hydrogen-bond donors (Lipinski definition) is 2. The van der Waals surface area contributed by atoms with Crippen LogP contribution in [0.15, 0.2) is 0 Å². The van der Waals surface area contributed by atoms with Crippen molar-refractivity contribution in [3.63, 3.8) is 0 Å². The first-order valence-electron chi connectivity index (χ1n) is 8.06. The van der Waals surface area contributed by atoms with Crippen LogP contribution in [0.1, 0.15) is 84.5 Å². The summed E-state index contributed by atoms with van der Waals surface area (Å²) in [6.45, 7) is 4.22. The van der Waals surface area contributed by atoms with Crippen LogP contribution < -0.4 is 0 Å². The van der Waals surface area contributed by atoms with Crippen LogP contribution in [0.2, 0.25) is 0 Å². The monoisotopic (exact) mass is 308 g/mol. The van der Waals surface area contributed by atoms with Gasteiger partial charge in [0.25, 0.3) is 10.1 Å². The van der Waals surface area contributed by atoms with Gasteiger partial charge in [0.05, 0.1) is 11.4 Å². The molecule has 0 aliphatic rings. The van der Waals surface area contributed by atoms with Crippen molar-refractivity contribution in [1.82, 2.24) is 0 Å². The average Bonchev–Trinajstić information content (AvgIpc) is 2.37. The van der Waals surface area contributed by atoms with E-state index in [9.17, 15) is 18.1 Å². The molecular formula is C15H32O4S. The Morgan fingerprint density at radius 2 is 1.35 bits per heavy atom. The SMILES string of the molecule is CCCCCCC(O)CC(CCCCCC)S(=O)(=O)O. The van der Waals surface area contributed by atoms with Gasteiger partial charge in [-0.15, -0.1) is 0 Å². The molecule has 0 aromatic heterocycles. The standard InChI is InChI=1S/C15H32O4S/c1-3-5-7-9-11-14(16)13-15(20(17,18)19)12-10-8-6-4-2/h14-16H,3-13H2,1-2H3,(H,17,18,19). The van der Waals surface area contributed by atoms with Gasteiger partial charge in [-0.3, -0.25) is 4.55 Å². The van der Waals surface area contributed by atoms with Crippen LogP contribution in [0, 0.1) is 0 Å². The third-order valence-electron chi connectivity index (χ3n) is 3.73. The Morgan fingerprint density at radius 3 is 1.80 bits per heavy atom. The van der Waals surface area contributed by atoms with Gasteiger partial charge in [-0.2, -0.15) is 8.42 Å². The van der Waals surface area contributed by atoms with Crippen LogP contribution in [0.25, 0.3) is 0 Å². The van der Waals surface area contributed by atoms with E-state index in [0.29, 0.717) is 12.8 Å². The van der Waals surface area contributed by atoms with Gasteiger partial charge in [-0.25, -0.2) is 0 Å². The Balaban J connectivity index is 4.08. The second-order valence-corrected chi connectivity index (χ2v) is 7.42. The van der Waals surface area contributed by atoms with Gasteiger partial charge in [-0.05, 0) is 19.3 Å². The first kappa shape index (κ1) is 19.9. The van der Waals surface area contributed by atoms with Crippen molar-refractivity contribution < 1.29 is 18.1 Å². The van der Waals surface area contributed by atoms with Gasteiger partial charge in [0.2, 0.25) is 0 Å². The molecule has 0 saturated carbocycles. The Labute approximate surface area is 124 Å². The van der Waals surface area contributed by atoms with E-state index in [4.69, 9.17) is 0 Å². The molecule has 0 rings (SSSR count). The normalized spacial score (nSPS) is 15.2. The van der Waals surface area contributed by atoms with E-state index < -0.39 is 21.5 Å². The van der Waals surface area contributed by atoms with E-state index >= 15 is 0 Å². The largest absolute Gasteiger partial charge is 0.393 e. The molecule has 20 heavy (non-hydrogen) atoms. The predicted molar refractivity (Wildman–Crippen MR) is 83.5 cm³/mol. The highest BCUT2D eigenvalue weighted by molar-refractivity contribution is 7.86. The lowest BCUT2D eigenvalue weighted by atomic mass is 10.0. The molecule has 2 unspecified atom stereocenters. The molecule has 0 aliphatic carbocycles. The summed E-state index contributed by atoms with van der Waals surface area (Å²) in [4.78, 5) is 0. The van der Waals surface area contributed by atoms with Gasteiger partial charge in [-0.1, -0.05) is 65.2 Å². The minimum absolute atomic E-state index is 0.164. The van der Waals surface area contributed by atoms with E-state index in [1.807, 2.05) is 0 Å². The minimum atomic E-state index is -4.04. The fourth-order valence-electron chi connectivity index (χ4n) is 2.42. The molecule has 0 aromatic carbocycles. The van der Waals surface area contributed by atoms with Gasteiger partial charge < -0.3 is 5.11 Å². The molecule has 0 aliphatic heterocycles. The second-order valence-electron chi connectivity index (χ2n) is 5.73. The highest BCUT2D eigenvalue weighted by Gasteiger charge is 2.25. The van der Waals surface area contributed by atoms with Gasteiger partial charge in [0, 0.05) is 0 Å². The summed E-state index contributed by atoms with van der Waals surface area (Å²) >= 11 is 0. The number of hydrogen-bond acceptors (Lipinski definition) is 3. The number of unbranched alkanes of at least 4 members (excludes halogenated alkanes) is 6. The zero-order valence-electron chi connectivity index (χ0n) is 13.1. The highest BCUT2D eigenvalue weighted by atomic mass is 32.2. The molecule has 0 amide bonds. The molecule has 0 saturated heterocycles. The molecule has 2 atom stereocenters. The molecule has 0 aromatic rings. The molecular weight excluding hydrogens is 276 g/mol. The third-order valence-corrected chi connectivity index (χ3v) is 5.00. The van der Waals surface area contributed by atoms with Gasteiger partial charge >= 0.3 is 0 Å². The third kappa shape index (κ3) is 10.6. The molecule has 2 N–H and O–H groups in total. The highest BCUT2D eigenvalue weighted by Crippen LogP contribution is 2.19. The minimum Gasteiger partial charge on any atom is -0.393 e. The van der Waals surface area contributed by atoms with Crippen LogP contribution >= 0.6 is 0 Å². The maximum absolute atomic E-state index is 11.4. The van der Waals surface area contributed by atoms with Crippen molar-refractivity contribution in [3.05, 3.63) is 0 Å². The zero-order chi connectivity index (χ0) is 15.4. The van der Waals surface area contributed by atoms with Crippen LogP contribution in [0.3, 0.4) is 0 Å². The second kappa shape index (κ2) is 11.5. The van der Waals surface area contributed by atoms with Gasteiger partial charge in [0.15, 0.2) is 0 Å². The Hall–Kier alpha value is -0.130. The average molecular weight is 308 g/mol. The maximum atomic E-state index is 11.4. The zero-order valence-corrected chi connectivity index (χ0v) is 13.9. The van der Waals surface area contributed by atoms with Crippen molar-refractivity contribution in [1.29, 1.82) is 0 Å². The van der Waals surface area contributed by atoms with E-state index in [2.05, 4.69) is 13.8 Å². The summed E-state index contributed by atoms with van der Waals surface area (Å²) < 4.78 is 32.0. The quantitative estimate of drug-likeness (QED) is 0.399. The smallest absolute Gasteiger partial charge is 0.267 e. The van der Waals surface area contributed by atoms with Crippen molar-refractivity contribution in [2.24, 2.45) is 0 Å². The number of aliphatic hydroxyl groups is 1. The van der Waals surface area contributed by atoms with Crippen molar-refractivity contribution >= 4 is 10.1 Å². The fraction of sp³-hybridized carbons (Fsp3) is 1.00. The van der Waals surface area contributed by atoms with Crippen molar-refractivity contribution in [2.75, 3.05) is 0 Å². The number of rotatable bonds is 13.